The third-order valence-electron chi connectivity index (χ3n) is 10.2. The highest BCUT2D eigenvalue weighted by molar-refractivity contribution is 6.40. The molecular formula is C43H31N3. The standard InChI is InChI=1S/C43H31N3/c1-24-11-16-29(17-12-24)46(30-18-14-28(45-4)15-19-30)37-22-21-36-41-25(2)38-33-9-5-7-31-27(23-44)13-20-35(42(31)33)40(38)26(3)39(41)34-10-6-8-32(37)43(34)36/h5-22,45H,1-4H3. The van der Waals surface area contributed by atoms with E-state index in [0.29, 0.717) is 0 Å². The molecule has 0 aliphatic heterocycles. The number of benzene rings is 7. The Kier molecular flexibility index (Phi) is 5.52. The van der Waals surface area contributed by atoms with E-state index >= 15 is 0 Å². The van der Waals surface area contributed by atoms with Crippen molar-refractivity contribution in [3.63, 3.8) is 0 Å². The predicted octanol–water partition coefficient (Wildman–Crippen LogP) is 11.8. The van der Waals surface area contributed by atoms with Crippen LogP contribution in [0.5, 0.6) is 0 Å². The molecule has 3 heteroatoms. The van der Waals surface area contributed by atoms with Gasteiger partial charge in [-0.25, -0.2) is 0 Å². The van der Waals surface area contributed by atoms with Crippen LogP contribution < -0.4 is 10.2 Å². The van der Waals surface area contributed by atoms with E-state index in [1.54, 1.807) is 0 Å². The Balaban J connectivity index is 1.40. The van der Waals surface area contributed by atoms with Gasteiger partial charge in [-0.2, -0.15) is 5.26 Å². The highest BCUT2D eigenvalue weighted by Gasteiger charge is 2.25. The molecule has 0 amide bonds. The lowest BCUT2D eigenvalue weighted by Gasteiger charge is -2.27. The molecule has 0 heterocycles. The topological polar surface area (TPSA) is 39.1 Å². The Bertz CT molecular complexity index is 2630. The predicted molar refractivity (Wildman–Crippen MR) is 197 cm³/mol. The maximum absolute atomic E-state index is 9.88. The second-order valence-corrected chi connectivity index (χ2v) is 12.6. The van der Waals surface area contributed by atoms with Crippen LogP contribution >= 0.6 is 0 Å². The van der Waals surface area contributed by atoms with Crippen LogP contribution in [0.3, 0.4) is 0 Å². The minimum absolute atomic E-state index is 0.734. The number of hydrogen-bond acceptors (Lipinski definition) is 3. The zero-order valence-electron chi connectivity index (χ0n) is 26.3. The Morgan fingerprint density at radius 2 is 0.978 bits per heavy atom. The lowest BCUT2D eigenvalue weighted by Crippen LogP contribution is -2.10. The lowest BCUT2D eigenvalue weighted by molar-refractivity contribution is 1.29. The molecule has 0 bridgehead atoms. The fourth-order valence-electron chi connectivity index (χ4n) is 8.17. The first-order valence-corrected chi connectivity index (χ1v) is 15.8. The van der Waals surface area contributed by atoms with Crippen molar-refractivity contribution in [1.29, 1.82) is 5.26 Å². The van der Waals surface area contributed by atoms with Crippen LogP contribution in [-0.4, -0.2) is 7.05 Å². The minimum atomic E-state index is 0.734. The number of fused-ring (bicyclic) bond motifs is 6. The van der Waals surface area contributed by atoms with E-state index < -0.39 is 0 Å². The average molecular weight is 590 g/mol. The van der Waals surface area contributed by atoms with Crippen molar-refractivity contribution in [2.75, 3.05) is 17.3 Å². The van der Waals surface area contributed by atoms with Crippen molar-refractivity contribution in [1.82, 2.24) is 0 Å². The van der Waals surface area contributed by atoms with Crippen molar-refractivity contribution >= 4 is 87.4 Å². The van der Waals surface area contributed by atoms with Gasteiger partial charge in [0, 0.05) is 34.9 Å². The van der Waals surface area contributed by atoms with Gasteiger partial charge in [-0.3, -0.25) is 0 Å². The first-order chi connectivity index (χ1) is 22.5. The van der Waals surface area contributed by atoms with Crippen molar-refractivity contribution in [3.8, 4) is 6.07 Å². The smallest absolute Gasteiger partial charge is 0.0998 e. The van der Waals surface area contributed by atoms with E-state index in [1.807, 2.05) is 13.1 Å². The quantitative estimate of drug-likeness (QED) is 0.222. The summed E-state index contributed by atoms with van der Waals surface area (Å²) >= 11 is 0. The number of nitrogens with one attached hydrogen (secondary N) is 1. The molecule has 0 spiro atoms. The Morgan fingerprint density at radius 3 is 1.54 bits per heavy atom. The van der Waals surface area contributed by atoms with Gasteiger partial charge in [-0.05, 0) is 134 Å². The van der Waals surface area contributed by atoms with Gasteiger partial charge in [-0.15, -0.1) is 0 Å². The van der Waals surface area contributed by atoms with Gasteiger partial charge >= 0.3 is 0 Å². The van der Waals surface area contributed by atoms with E-state index in [4.69, 9.17) is 0 Å². The lowest BCUT2D eigenvalue weighted by atomic mass is 9.95. The monoisotopic (exact) mass is 589 g/mol. The number of rotatable bonds is 4. The molecule has 9 aromatic carbocycles. The van der Waals surface area contributed by atoms with E-state index in [1.165, 1.54) is 75.9 Å². The fourth-order valence-corrected chi connectivity index (χ4v) is 8.17. The summed E-state index contributed by atoms with van der Waals surface area (Å²) in [5.74, 6) is 0. The highest BCUT2D eigenvalue weighted by atomic mass is 15.1. The minimum Gasteiger partial charge on any atom is -0.388 e. The maximum atomic E-state index is 9.88. The van der Waals surface area contributed by atoms with Crippen LogP contribution in [0.15, 0.2) is 109 Å². The summed E-state index contributed by atoms with van der Waals surface area (Å²) in [5, 5.41) is 28.3. The molecule has 0 aliphatic rings. The molecule has 218 valence electrons. The molecule has 0 radical (unpaired) electrons. The SMILES string of the molecule is CNc1ccc(N(c2ccc(C)cc2)c2ccc3c4c(C)c5c6cccc7c(C#N)ccc(c5c(C)c4c4cccc2c43)c76)cc1. The van der Waals surface area contributed by atoms with Crippen LogP contribution in [0.1, 0.15) is 22.3 Å². The van der Waals surface area contributed by atoms with Crippen LogP contribution in [0, 0.1) is 32.1 Å². The van der Waals surface area contributed by atoms with Gasteiger partial charge in [0.15, 0.2) is 0 Å². The van der Waals surface area contributed by atoms with Gasteiger partial charge < -0.3 is 10.2 Å². The van der Waals surface area contributed by atoms with Crippen molar-refractivity contribution in [3.05, 3.63) is 131 Å². The number of nitriles is 1. The van der Waals surface area contributed by atoms with Crippen LogP contribution in [0.25, 0.3) is 64.6 Å². The number of hydrogen-bond donors (Lipinski definition) is 1. The Labute approximate surface area is 267 Å². The van der Waals surface area contributed by atoms with Crippen molar-refractivity contribution in [2.24, 2.45) is 0 Å². The third-order valence-corrected chi connectivity index (χ3v) is 10.2. The first kappa shape index (κ1) is 26.5. The molecule has 0 fully saturated rings. The summed E-state index contributed by atoms with van der Waals surface area (Å²) in [7, 11) is 1.95. The molecule has 9 aromatic rings. The van der Waals surface area contributed by atoms with Gasteiger partial charge in [-0.1, -0.05) is 66.2 Å². The van der Waals surface area contributed by atoms with Gasteiger partial charge in [0.2, 0.25) is 0 Å². The molecule has 0 atom stereocenters. The van der Waals surface area contributed by atoms with Crippen LogP contribution in [0.2, 0.25) is 0 Å². The first-order valence-electron chi connectivity index (χ1n) is 15.8. The molecule has 1 N–H and O–H groups in total. The molecule has 3 nitrogen and oxygen atoms in total. The van der Waals surface area contributed by atoms with E-state index in [9.17, 15) is 5.26 Å². The molecular weight excluding hydrogens is 558 g/mol. The van der Waals surface area contributed by atoms with Gasteiger partial charge in [0.25, 0.3) is 0 Å². The summed E-state index contributed by atoms with van der Waals surface area (Å²) < 4.78 is 0. The van der Waals surface area contributed by atoms with Crippen LogP contribution in [-0.2, 0) is 0 Å². The van der Waals surface area contributed by atoms with Gasteiger partial charge in [0.1, 0.15) is 0 Å². The highest BCUT2D eigenvalue weighted by Crippen LogP contribution is 2.51. The van der Waals surface area contributed by atoms with Crippen molar-refractivity contribution < 1.29 is 0 Å². The summed E-state index contributed by atoms with van der Waals surface area (Å²) in [4.78, 5) is 2.38. The molecule has 0 aromatic heterocycles. The zero-order chi connectivity index (χ0) is 31.3. The molecule has 46 heavy (non-hydrogen) atoms. The second-order valence-electron chi connectivity index (χ2n) is 12.6. The third kappa shape index (κ3) is 3.42. The van der Waals surface area contributed by atoms with Crippen molar-refractivity contribution in [2.45, 2.75) is 20.8 Å². The van der Waals surface area contributed by atoms with E-state index in [2.05, 4.69) is 140 Å². The summed E-state index contributed by atoms with van der Waals surface area (Å²) in [6, 6.07) is 41.9. The fraction of sp³-hybridized carbons (Fsp3) is 0.0930. The second kappa shape index (κ2) is 9.57. The average Bonchev–Trinajstić information content (AvgIpc) is 3.62. The largest absolute Gasteiger partial charge is 0.388 e. The normalized spacial score (nSPS) is 11.9. The molecule has 0 saturated carbocycles. The Hall–Kier alpha value is -5.85. The molecule has 0 unspecified atom stereocenters. The van der Waals surface area contributed by atoms with Gasteiger partial charge in [0.05, 0.1) is 17.3 Å². The summed E-state index contributed by atoms with van der Waals surface area (Å²) in [5.41, 5.74) is 9.09. The number of aryl methyl sites for hydroxylation is 3. The zero-order valence-corrected chi connectivity index (χ0v) is 26.3. The molecule has 9 rings (SSSR count). The maximum Gasteiger partial charge on any atom is 0.0998 e. The summed E-state index contributed by atoms with van der Waals surface area (Å²) in [6.45, 7) is 6.72. The number of nitrogens with zero attached hydrogens (tertiary/aromatic N) is 2. The molecule has 0 saturated heterocycles. The van der Waals surface area contributed by atoms with E-state index in [0.717, 1.165) is 33.7 Å². The Morgan fingerprint density at radius 1 is 0.500 bits per heavy atom. The van der Waals surface area contributed by atoms with Crippen LogP contribution in [0.4, 0.5) is 22.7 Å². The van der Waals surface area contributed by atoms with E-state index in [-0.39, 0.29) is 0 Å². The molecule has 0 aliphatic carbocycles. The summed E-state index contributed by atoms with van der Waals surface area (Å²) in [6.07, 6.45) is 0. The number of anilines is 4.